The lowest BCUT2D eigenvalue weighted by Gasteiger charge is -2.26. The van der Waals surface area contributed by atoms with Gasteiger partial charge in [0.05, 0.1) is 5.69 Å². The number of furan rings is 1. The van der Waals surface area contributed by atoms with E-state index in [1.165, 1.54) is 0 Å². The minimum atomic E-state index is 0.585. The lowest BCUT2D eigenvalue weighted by molar-refractivity contribution is 0.620. The quantitative estimate of drug-likeness (QED) is 0.240. The average molecular weight is 503 g/mol. The van der Waals surface area contributed by atoms with Crippen molar-refractivity contribution in [3.63, 3.8) is 0 Å². The van der Waals surface area contributed by atoms with E-state index in [-0.39, 0.29) is 0 Å². The van der Waals surface area contributed by atoms with Crippen molar-refractivity contribution in [2.45, 2.75) is 0 Å². The first kappa shape index (κ1) is 21.7. The fourth-order valence-electron chi connectivity index (χ4n) is 5.56. The number of nitrogens with zero attached hydrogens (tertiary/aromatic N) is 2. The van der Waals surface area contributed by atoms with E-state index < -0.39 is 0 Å². The Hall–Kier alpha value is -5.35. The molecule has 0 spiro atoms. The van der Waals surface area contributed by atoms with E-state index in [1.807, 2.05) is 48.5 Å². The minimum absolute atomic E-state index is 0.585. The van der Waals surface area contributed by atoms with Gasteiger partial charge in [-0.05, 0) is 65.4 Å². The van der Waals surface area contributed by atoms with Crippen molar-refractivity contribution in [2.24, 2.45) is 0 Å². The molecule has 8 rings (SSSR count). The van der Waals surface area contributed by atoms with E-state index >= 15 is 0 Å². The third kappa shape index (κ3) is 3.42. The summed E-state index contributed by atoms with van der Waals surface area (Å²) < 4.78 is 13.0. The van der Waals surface area contributed by atoms with Crippen molar-refractivity contribution in [1.82, 2.24) is 4.98 Å². The largest absolute Gasteiger partial charge is 0.454 e. The van der Waals surface area contributed by atoms with Crippen LogP contribution in [0.4, 0.5) is 17.1 Å². The molecule has 8 aromatic rings. The van der Waals surface area contributed by atoms with Gasteiger partial charge < -0.3 is 13.7 Å². The highest BCUT2D eigenvalue weighted by molar-refractivity contribution is 6.25. The zero-order valence-corrected chi connectivity index (χ0v) is 20.9. The van der Waals surface area contributed by atoms with Crippen molar-refractivity contribution >= 4 is 60.9 Å². The highest BCUT2D eigenvalue weighted by Crippen LogP contribution is 2.47. The first-order valence-corrected chi connectivity index (χ1v) is 13.0. The Labute approximate surface area is 224 Å². The first-order valence-electron chi connectivity index (χ1n) is 13.0. The molecule has 6 aromatic carbocycles. The van der Waals surface area contributed by atoms with Crippen molar-refractivity contribution in [1.29, 1.82) is 0 Å². The Balaban J connectivity index is 1.50. The maximum absolute atomic E-state index is 6.74. The van der Waals surface area contributed by atoms with Crippen molar-refractivity contribution in [3.8, 4) is 11.5 Å². The summed E-state index contributed by atoms with van der Waals surface area (Å²) in [6.07, 6.45) is 0. The number of fused-ring (bicyclic) bond motifs is 6. The molecular formula is C35H22N2O2. The molecule has 0 aliphatic rings. The van der Waals surface area contributed by atoms with Gasteiger partial charge in [-0.1, -0.05) is 78.9 Å². The third-order valence-corrected chi connectivity index (χ3v) is 7.26. The number of para-hydroxylation sites is 4. The molecule has 0 radical (unpaired) electrons. The summed E-state index contributed by atoms with van der Waals surface area (Å²) in [5.41, 5.74) is 7.21. The summed E-state index contributed by atoms with van der Waals surface area (Å²) in [7, 11) is 0. The lowest BCUT2D eigenvalue weighted by Crippen LogP contribution is -2.10. The Morgan fingerprint density at radius 1 is 0.538 bits per heavy atom. The van der Waals surface area contributed by atoms with Crippen molar-refractivity contribution in [2.75, 3.05) is 4.90 Å². The second kappa shape index (κ2) is 8.61. The van der Waals surface area contributed by atoms with Gasteiger partial charge in [-0.2, -0.15) is 0 Å². The molecule has 0 bridgehead atoms. The molecule has 0 saturated carbocycles. The molecule has 0 aliphatic carbocycles. The highest BCUT2D eigenvalue weighted by Gasteiger charge is 2.24. The molecule has 0 fully saturated rings. The van der Waals surface area contributed by atoms with Crippen molar-refractivity contribution < 1.29 is 8.83 Å². The standard InChI is InChI=1S/C35H22N2O2/c1-3-13-24(14-4-1)37(25-15-5-2-6-16-25)29-22-23-12-7-8-17-26(23)33-32-27(18-11-21-31(32)38-34(29)33)35-36-28-19-9-10-20-30(28)39-35/h1-22H. The Bertz CT molecular complexity index is 2050. The van der Waals surface area contributed by atoms with Gasteiger partial charge in [0.15, 0.2) is 11.2 Å². The number of benzene rings is 6. The van der Waals surface area contributed by atoms with E-state index in [9.17, 15) is 0 Å². The van der Waals surface area contributed by atoms with E-state index in [4.69, 9.17) is 13.8 Å². The third-order valence-electron chi connectivity index (χ3n) is 7.26. The molecule has 4 heteroatoms. The van der Waals surface area contributed by atoms with E-state index in [2.05, 4.69) is 89.8 Å². The molecule has 39 heavy (non-hydrogen) atoms. The number of aromatic nitrogens is 1. The van der Waals surface area contributed by atoms with Gasteiger partial charge >= 0.3 is 0 Å². The van der Waals surface area contributed by atoms with E-state index in [0.29, 0.717) is 5.89 Å². The summed E-state index contributed by atoms with van der Waals surface area (Å²) in [5, 5.41) is 4.30. The topological polar surface area (TPSA) is 42.4 Å². The summed E-state index contributed by atoms with van der Waals surface area (Å²) >= 11 is 0. The summed E-state index contributed by atoms with van der Waals surface area (Å²) in [6.45, 7) is 0. The van der Waals surface area contributed by atoms with Crippen LogP contribution in [0.5, 0.6) is 0 Å². The van der Waals surface area contributed by atoms with Gasteiger partial charge in [-0.15, -0.1) is 0 Å². The van der Waals surface area contributed by atoms with Crippen LogP contribution in [0, 0.1) is 0 Å². The van der Waals surface area contributed by atoms with Crippen LogP contribution in [-0.4, -0.2) is 4.98 Å². The molecule has 0 N–H and O–H groups in total. The fraction of sp³-hybridized carbons (Fsp3) is 0. The van der Waals surface area contributed by atoms with Gasteiger partial charge in [0.1, 0.15) is 11.1 Å². The number of rotatable bonds is 4. The van der Waals surface area contributed by atoms with Crippen LogP contribution >= 0.6 is 0 Å². The smallest absolute Gasteiger partial charge is 0.228 e. The summed E-state index contributed by atoms with van der Waals surface area (Å²) in [5.74, 6) is 0.585. The Kier molecular flexibility index (Phi) is 4.79. The van der Waals surface area contributed by atoms with Gasteiger partial charge in [0, 0.05) is 27.7 Å². The van der Waals surface area contributed by atoms with Crippen LogP contribution in [0.3, 0.4) is 0 Å². The van der Waals surface area contributed by atoms with Gasteiger partial charge in [0.2, 0.25) is 5.89 Å². The highest BCUT2D eigenvalue weighted by atomic mass is 16.3. The molecule has 4 nitrogen and oxygen atoms in total. The molecule has 0 atom stereocenters. The number of hydrogen-bond donors (Lipinski definition) is 0. The minimum Gasteiger partial charge on any atom is -0.454 e. The molecule has 0 aliphatic heterocycles. The zero-order valence-electron chi connectivity index (χ0n) is 20.9. The van der Waals surface area contributed by atoms with Crippen LogP contribution in [0.1, 0.15) is 0 Å². The van der Waals surface area contributed by atoms with Gasteiger partial charge in [-0.3, -0.25) is 0 Å². The molecule has 0 unspecified atom stereocenters. The molecule has 2 aromatic heterocycles. The molecule has 0 amide bonds. The fourth-order valence-corrected chi connectivity index (χ4v) is 5.56. The molecule has 0 saturated heterocycles. The maximum atomic E-state index is 6.74. The van der Waals surface area contributed by atoms with Crippen LogP contribution in [0.25, 0.3) is 55.3 Å². The second-order valence-electron chi connectivity index (χ2n) is 9.59. The average Bonchev–Trinajstić information content (AvgIpc) is 3.61. The Morgan fingerprint density at radius 3 is 1.97 bits per heavy atom. The molecule has 2 heterocycles. The predicted molar refractivity (Wildman–Crippen MR) is 159 cm³/mol. The van der Waals surface area contributed by atoms with E-state index in [1.54, 1.807) is 0 Å². The monoisotopic (exact) mass is 502 g/mol. The van der Waals surface area contributed by atoms with Crippen LogP contribution in [0.15, 0.2) is 142 Å². The second-order valence-corrected chi connectivity index (χ2v) is 9.59. The zero-order chi connectivity index (χ0) is 25.8. The summed E-state index contributed by atoms with van der Waals surface area (Å²) in [6, 6.07) is 45.5. The number of anilines is 3. The first-order chi connectivity index (χ1) is 19.3. The molecular weight excluding hydrogens is 480 g/mol. The van der Waals surface area contributed by atoms with E-state index in [0.717, 1.165) is 66.4 Å². The number of oxazole rings is 1. The normalized spacial score (nSPS) is 11.6. The van der Waals surface area contributed by atoms with Crippen molar-refractivity contribution in [3.05, 3.63) is 133 Å². The maximum Gasteiger partial charge on any atom is 0.228 e. The van der Waals surface area contributed by atoms with Crippen LogP contribution < -0.4 is 4.90 Å². The lowest BCUT2D eigenvalue weighted by atomic mass is 9.99. The SMILES string of the molecule is c1ccc(N(c2ccccc2)c2cc3ccccc3c3c2oc2cccc(-c4nc5ccccc5o4)c23)cc1. The number of hydrogen-bond acceptors (Lipinski definition) is 4. The molecule has 184 valence electrons. The van der Waals surface area contributed by atoms with Gasteiger partial charge in [-0.25, -0.2) is 4.98 Å². The summed E-state index contributed by atoms with van der Waals surface area (Å²) in [4.78, 5) is 7.09. The van der Waals surface area contributed by atoms with Gasteiger partial charge in [0.25, 0.3) is 0 Å². The predicted octanol–water partition coefficient (Wildman–Crippen LogP) is 10.0. The van der Waals surface area contributed by atoms with Crippen LogP contribution in [-0.2, 0) is 0 Å². The van der Waals surface area contributed by atoms with Crippen LogP contribution in [0.2, 0.25) is 0 Å². The Morgan fingerprint density at radius 2 is 1.21 bits per heavy atom.